The quantitative estimate of drug-likeness (QED) is 0.792. The van der Waals surface area contributed by atoms with E-state index in [1.54, 1.807) is 10.9 Å². The van der Waals surface area contributed by atoms with E-state index >= 15 is 0 Å². The van der Waals surface area contributed by atoms with Gasteiger partial charge in [-0.2, -0.15) is 0 Å². The Morgan fingerprint density at radius 3 is 2.96 bits per heavy atom. The summed E-state index contributed by atoms with van der Waals surface area (Å²) in [6, 6.07) is 5.66. The van der Waals surface area contributed by atoms with Gasteiger partial charge in [-0.3, -0.25) is 19.1 Å². The van der Waals surface area contributed by atoms with E-state index in [1.807, 2.05) is 25.1 Å². The molecule has 1 aromatic carbocycles. The molecule has 120 valence electrons. The van der Waals surface area contributed by atoms with Crippen LogP contribution in [0.1, 0.15) is 18.4 Å². The monoisotopic (exact) mass is 350 g/mol. The van der Waals surface area contributed by atoms with Crippen molar-refractivity contribution in [1.82, 2.24) is 19.7 Å². The molecule has 6 nitrogen and oxygen atoms in total. The van der Waals surface area contributed by atoms with Gasteiger partial charge in [-0.25, -0.2) is 0 Å². The van der Waals surface area contributed by atoms with Crippen LogP contribution < -0.4 is 0 Å². The van der Waals surface area contributed by atoms with Gasteiger partial charge in [0.25, 0.3) is 0 Å². The number of likely N-dealkylation sites (tertiary alicyclic amines) is 1. The minimum atomic E-state index is -0.186. The van der Waals surface area contributed by atoms with Crippen molar-refractivity contribution >= 4 is 35.2 Å². The number of aromatic nitrogens is 3. The third kappa shape index (κ3) is 3.40. The minimum absolute atomic E-state index is 0.0950. The van der Waals surface area contributed by atoms with E-state index in [0.717, 1.165) is 17.7 Å². The van der Waals surface area contributed by atoms with Gasteiger partial charge in [-0.05, 0) is 31.0 Å². The highest BCUT2D eigenvalue weighted by atomic mass is 35.5. The standard InChI is InChI=1S/C15H15ClN4O2S/c1-10-4-5-11(7-12(10)16)20-9-17-18-15(20)23-8-14(22)19-6-2-3-13(19)21/h4-5,7,9H,2-3,6,8H2,1H3. The second-order valence-electron chi connectivity index (χ2n) is 5.25. The van der Waals surface area contributed by atoms with Gasteiger partial charge in [0.15, 0.2) is 5.16 Å². The van der Waals surface area contributed by atoms with E-state index in [1.165, 1.54) is 16.7 Å². The lowest BCUT2D eigenvalue weighted by Gasteiger charge is -2.13. The lowest BCUT2D eigenvalue weighted by Crippen LogP contribution is -2.33. The average molecular weight is 351 g/mol. The predicted molar refractivity (Wildman–Crippen MR) is 87.8 cm³/mol. The SMILES string of the molecule is Cc1ccc(-n2cnnc2SCC(=O)N2CCCC2=O)cc1Cl. The molecule has 2 heterocycles. The Balaban J connectivity index is 1.72. The Morgan fingerprint density at radius 2 is 2.26 bits per heavy atom. The molecule has 1 aliphatic heterocycles. The van der Waals surface area contributed by atoms with E-state index in [9.17, 15) is 9.59 Å². The molecule has 0 spiro atoms. The second kappa shape index (κ2) is 6.72. The van der Waals surface area contributed by atoms with Crippen LogP contribution >= 0.6 is 23.4 Å². The highest BCUT2D eigenvalue weighted by Crippen LogP contribution is 2.24. The van der Waals surface area contributed by atoms with Crippen molar-refractivity contribution in [3.8, 4) is 5.69 Å². The molecule has 0 N–H and O–H groups in total. The minimum Gasteiger partial charge on any atom is -0.282 e. The molecular weight excluding hydrogens is 336 g/mol. The lowest BCUT2D eigenvalue weighted by atomic mass is 10.2. The molecule has 1 saturated heterocycles. The zero-order chi connectivity index (χ0) is 16.4. The lowest BCUT2D eigenvalue weighted by molar-refractivity contribution is -0.140. The van der Waals surface area contributed by atoms with Gasteiger partial charge in [0, 0.05) is 18.0 Å². The molecule has 2 amide bonds. The van der Waals surface area contributed by atoms with E-state index in [0.29, 0.717) is 23.1 Å². The van der Waals surface area contributed by atoms with Crippen LogP contribution in [0.15, 0.2) is 29.7 Å². The number of hydrogen-bond donors (Lipinski definition) is 0. The summed E-state index contributed by atoms with van der Waals surface area (Å²) < 4.78 is 1.77. The fourth-order valence-corrected chi connectivity index (χ4v) is 3.33. The molecule has 3 rings (SSSR count). The molecule has 2 aromatic rings. The Labute approximate surface area is 142 Å². The van der Waals surface area contributed by atoms with Gasteiger partial charge in [0.1, 0.15) is 6.33 Å². The van der Waals surface area contributed by atoms with Crippen molar-refractivity contribution in [2.45, 2.75) is 24.9 Å². The summed E-state index contributed by atoms with van der Waals surface area (Å²) in [5.74, 6) is -0.124. The molecule has 1 aliphatic rings. The molecule has 1 fully saturated rings. The first-order valence-corrected chi connectivity index (χ1v) is 8.55. The van der Waals surface area contributed by atoms with Gasteiger partial charge < -0.3 is 0 Å². The van der Waals surface area contributed by atoms with Crippen LogP contribution in [0.25, 0.3) is 5.69 Å². The zero-order valence-electron chi connectivity index (χ0n) is 12.5. The molecule has 0 aliphatic carbocycles. The van der Waals surface area contributed by atoms with Crippen molar-refractivity contribution in [2.75, 3.05) is 12.3 Å². The predicted octanol–water partition coefficient (Wildman–Crippen LogP) is 2.47. The summed E-state index contributed by atoms with van der Waals surface area (Å²) in [6.45, 7) is 2.44. The number of nitrogens with zero attached hydrogens (tertiary/aromatic N) is 4. The van der Waals surface area contributed by atoms with Gasteiger partial charge in [0.05, 0.1) is 11.4 Å². The second-order valence-corrected chi connectivity index (χ2v) is 6.60. The van der Waals surface area contributed by atoms with Crippen LogP contribution in [0.2, 0.25) is 5.02 Å². The van der Waals surface area contributed by atoms with Crippen LogP contribution in [0.3, 0.4) is 0 Å². The van der Waals surface area contributed by atoms with E-state index in [2.05, 4.69) is 10.2 Å². The highest BCUT2D eigenvalue weighted by Gasteiger charge is 2.26. The van der Waals surface area contributed by atoms with E-state index < -0.39 is 0 Å². The smallest absolute Gasteiger partial charge is 0.239 e. The maximum absolute atomic E-state index is 12.1. The summed E-state index contributed by atoms with van der Waals surface area (Å²) in [5.41, 5.74) is 1.82. The first-order valence-electron chi connectivity index (χ1n) is 7.19. The molecule has 23 heavy (non-hydrogen) atoms. The third-order valence-corrected chi connectivity index (χ3v) is 4.98. The summed E-state index contributed by atoms with van der Waals surface area (Å²) in [7, 11) is 0. The van der Waals surface area contributed by atoms with Crippen LogP contribution in [0.4, 0.5) is 0 Å². The van der Waals surface area contributed by atoms with Crippen molar-refractivity contribution in [3.05, 3.63) is 35.1 Å². The number of halogens is 1. The first kappa shape index (κ1) is 16.0. The number of rotatable bonds is 4. The number of amides is 2. The van der Waals surface area contributed by atoms with Crippen LogP contribution in [-0.2, 0) is 9.59 Å². The third-order valence-electron chi connectivity index (χ3n) is 3.65. The molecule has 0 atom stereocenters. The maximum atomic E-state index is 12.1. The molecule has 1 aromatic heterocycles. The van der Waals surface area contributed by atoms with Crippen molar-refractivity contribution in [3.63, 3.8) is 0 Å². The van der Waals surface area contributed by atoms with Crippen LogP contribution in [0.5, 0.6) is 0 Å². The van der Waals surface area contributed by atoms with Crippen molar-refractivity contribution in [2.24, 2.45) is 0 Å². The maximum Gasteiger partial charge on any atom is 0.239 e. The fourth-order valence-electron chi connectivity index (χ4n) is 2.35. The molecule has 8 heteroatoms. The largest absolute Gasteiger partial charge is 0.282 e. The number of aryl methyl sites for hydroxylation is 1. The summed E-state index contributed by atoms with van der Waals surface area (Å²) in [6.07, 6.45) is 2.77. The van der Waals surface area contributed by atoms with E-state index in [4.69, 9.17) is 11.6 Å². The van der Waals surface area contributed by atoms with Gasteiger partial charge >= 0.3 is 0 Å². The Morgan fingerprint density at radius 1 is 1.43 bits per heavy atom. The number of carbonyl (C=O) groups excluding carboxylic acids is 2. The summed E-state index contributed by atoms with van der Waals surface area (Å²) >= 11 is 7.41. The zero-order valence-corrected chi connectivity index (χ0v) is 14.1. The van der Waals surface area contributed by atoms with Gasteiger partial charge in [-0.15, -0.1) is 10.2 Å². The number of imide groups is 1. The number of carbonyl (C=O) groups is 2. The van der Waals surface area contributed by atoms with Crippen LogP contribution in [-0.4, -0.2) is 43.8 Å². The molecule has 0 unspecified atom stereocenters. The van der Waals surface area contributed by atoms with E-state index in [-0.39, 0.29) is 17.6 Å². The Kier molecular flexibility index (Phi) is 4.68. The summed E-state index contributed by atoms with van der Waals surface area (Å²) in [4.78, 5) is 25.0. The number of hydrogen-bond acceptors (Lipinski definition) is 5. The first-order chi connectivity index (χ1) is 11.1. The number of benzene rings is 1. The van der Waals surface area contributed by atoms with Crippen molar-refractivity contribution < 1.29 is 9.59 Å². The van der Waals surface area contributed by atoms with Gasteiger partial charge in [0.2, 0.25) is 11.8 Å². The summed E-state index contributed by atoms with van der Waals surface area (Å²) in [5, 5.41) is 9.18. The molecule has 0 radical (unpaired) electrons. The molecule has 0 saturated carbocycles. The highest BCUT2D eigenvalue weighted by molar-refractivity contribution is 7.99. The molecular formula is C15H15ClN4O2S. The number of thioether (sulfide) groups is 1. The average Bonchev–Trinajstić information content (AvgIpc) is 3.16. The fraction of sp³-hybridized carbons (Fsp3) is 0.333. The Bertz CT molecular complexity index is 762. The van der Waals surface area contributed by atoms with Crippen LogP contribution in [0, 0.1) is 6.92 Å². The van der Waals surface area contributed by atoms with Gasteiger partial charge in [-0.1, -0.05) is 29.4 Å². The Hall–Kier alpha value is -1.86. The topological polar surface area (TPSA) is 68.1 Å². The van der Waals surface area contributed by atoms with Crippen molar-refractivity contribution in [1.29, 1.82) is 0 Å². The molecule has 0 bridgehead atoms. The normalized spacial score (nSPS) is 14.5.